The van der Waals surface area contributed by atoms with Gasteiger partial charge in [0.2, 0.25) is 0 Å². The number of rotatable bonds is 5. The first-order valence-electron chi connectivity index (χ1n) is 6.90. The number of nitrogens with zero attached hydrogens (tertiary/aromatic N) is 6. The van der Waals surface area contributed by atoms with Crippen LogP contribution in [0.15, 0.2) is 10.2 Å². The van der Waals surface area contributed by atoms with E-state index < -0.39 is 48.3 Å². The molecular weight excluding hydrogens is 324 g/mol. The van der Waals surface area contributed by atoms with Crippen LogP contribution in [0.1, 0.15) is 27.2 Å². The molecule has 0 amide bonds. The molecule has 12 heteroatoms. The lowest BCUT2D eigenvalue weighted by molar-refractivity contribution is -0.193. The van der Waals surface area contributed by atoms with Gasteiger partial charge < -0.3 is 14.2 Å². The van der Waals surface area contributed by atoms with Crippen molar-refractivity contribution in [2.75, 3.05) is 0 Å². The molecule has 1 saturated carbocycles. The van der Waals surface area contributed by atoms with Crippen molar-refractivity contribution >= 4 is 17.9 Å². The van der Waals surface area contributed by atoms with Crippen molar-refractivity contribution in [2.45, 2.75) is 57.6 Å². The zero-order chi connectivity index (χ0) is 18.3. The monoisotopic (exact) mass is 340 g/mol. The Morgan fingerprint density at radius 2 is 1.12 bits per heavy atom. The number of carbonyl (C=O) groups is 3. The first kappa shape index (κ1) is 19.1. The maximum atomic E-state index is 11.4. The van der Waals surface area contributed by atoms with E-state index in [4.69, 9.17) is 25.3 Å². The third kappa shape index (κ3) is 5.04. The van der Waals surface area contributed by atoms with Crippen LogP contribution in [-0.2, 0) is 28.6 Å². The minimum absolute atomic E-state index is 0.0538. The third-order valence-corrected chi connectivity index (χ3v) is 3.20. The number of carbonyl (C=O) groups excluding carboxylic acids is 3. The predicted molar refractivity (Wildman–Crippen MR) is 77.1 cm³/mol. The molecule has 0 N–H and O–H groups in total. The Kier molecular flexibility index (Phi) is 6.84. The van der Waals surface area contributed by atoms with Gasteiger partial charge in [-0.3, -0.25) is 14.4 Å². The van der Waals surface area contributed by atoms with E-state index in [1.807, 2.05) is 0 Å². The largest absolute Gasteiger partial charge is 0.458 e. The Bertz CT molecular complexity index is 567. The van der Waals surface area contributed by atoms with Gasteiger partial charge in [0, 0.05) is 30.6 Å². The highest BCUT2D eigenvalue weighted by atomic mass is 16.6. The summed E-state index contributed by atoms with van der Waals surface area (Å²) in [6.45, 7) is 3.35. The lowest BCUT2D eigenvalue weighted by Gasteiger charge is -2.41. The van der Waals surface area contributed by atoms with Crippen molar-refractivity contribution in [2.24, 2.45) is 10.2 Å². The van der Waals surface area contributed by atoms with Gasteiger partial charge >= 0.3 is 17.9 Å². The number of ether oxygens (including phenoxy) is 3. The smallest absolute Gasteiger partial charge is 0.303 e. The van der Waals surface area contributed by atoms with Crippen LogP contribution in [0.3, 0.4) is 0 Å². The first-order valence-corrected chi connectivity index (χ1v) is 6.90. The molecule has 24 heavy (non-hydrogen) atoms. The fourth-order valence-corrected chi connectivity index (χ4v) is 2.50. The molecule has 0 bridgehead atoms. The second-order valence-electron chi connectivity index (χ2n) is 5.00. The van der Waals surface area contributed by atoms with Crippen molar-refractivity contribution in [1.82, 2.24) is 0 Å². The van der Waals surface area contributed by atoms with Crippen molar-refractivity contribution in [3.63, 3.8) is 0 Å². The van der Waals surface area contributed by atoms with E-state index in [-0.39, 0.29) is 6.42 Å². The highest BCUT2D eigenvalue weighted by Crippen LogP contribution is 2.32. The van der Waals surface area contributed by atoms with Gasteiger partial charge in [0.15, 0.2) is 18.3 Å². The minimum Gasteiger partial charge on any atom is -0.458 e. The molecule has 1 aliphatic carbocycles. The van der Waals surface area contributed by atoms with E-state index in [9.17, 15) is 14.4 Å². The molecule has 0 aromatic carbocycles. The maximum absolute atomic E-state index is 11.4. The van der Waals surface area contributed by atoms with Crippen LogP contribution < -0.4 is 0 Å². The lowest BCUT2D eigenvalue weighted by Crippen LogP contribution is -2.58. The molecule has 1 rings (SSSR count). The van der Waals surface area contributed by atoms with Gasteiger partial charge in [-0.2, -0.15) is 0 Å². The summed E-state index contributed by atoms with van der Waals surface area (Å²) in [7, 11) is 0. The minimum atomic E-state index is -1.28. The molecule has 130 valence electrons. The van der Waals surface area contributed by atoms with Gasteiger partial charge in [-0.25, -0.2) is 0 Å². The van der Waals surface area contributed by atoms with Crippen molar-refractivity contribution in [1.29, 1.82) is 0 Å². The van der Waals surface area contributed by atoms with Crippen LogP contribution >= 0.6 is 0 Å². The maximum Gasteiger partial charge on any atom is 0.303 e. The molecule has 0 aromatic rings. The quantitative estimate of drug-likeness (QED) is 0.241. The van der Waals surface area contributed by atoms with Crippen LogP contribution in [0.25, 0.3) is 20.9 Å². The number of hydrogen-bond donors (Lipinski definition) is 0. The third-order valence-electron chi connectivity index (χ3n) is 3.20. The Labute approximate surface area is 136 Å². The van der Waals surface area contributed by atoms with E-state index in [1.165, 1.54) is 0 Å². The summed E-state index contributed by atoms with van der Waals surface area (Å²) in [5, 5.41) is 7.02. The van der Waals surface area contributed by atoms with E-state index in [0.717, 1.165) is 20.8 Å². The van der Waals surface area contributed by atoms with Crippen molar-refractivity contribution in [3.05, 3.63) is 20.9 Å². The van der Waals surface area contributed by atoms with E-state index in [1.54, 1.807) is 0 Å². The number of hydrogen-bond acceptors (Lipinski definition) is 8. The number of azide groups is 2. The van der Waals surface area contributed by atoms with Gasteiger partial charge in [-0.15, -0.1) is 0 Å². The molecule has 1 unspecified atom stereocenters. The molecule has 5 atom stereocenters. The standard InChI is InChI=1S/C12H16N6O6/c1-5(19)22-10-8(15-17-13)4-9(16-18-14)11(23-6(2)20)12(10)24-7(3)21/h8-12H,4H2,1-3H3/t8-,9-,10-,11+,12?/m1/s1. The fourth-order valence-electron chi connectivity index (χ4n) is 2.50. The molecule has 0 heterocycles. The second-order valence-corrected chi connectivity index (χ2v) is 5.00. The molecule has 0 saturated heterocycles. The van der Waals surface area contributed by atoms with E-state index >= 15 is 0 Å². The van der Waals surface area contributed by atoms with Gasteiger partial charge in [0.1, 0.15) is 0 Å². The summed E-state index contributed by atoms with van der Waals surface area (Å²) in [5.41, 5.74) is 17.4. The van der Waals surface area contributed by atoms with Gasteiger partial charge in [-0.05, 0) is 17.5 Å². The van der Waals surface area contributed by atoms with Crippen molar-refractivity contribution in [3.8, 4) is 0 Å². The van der Waals surface area contributed by atoms with Gasteiger partial charge in [-0.1, -0.05) is 10.2 Å². The van der Waals surface area contributed by atoms with Crippen LogP contribution in [0, 0.1) is 0 Å². The molecule has 1 aliphatic rings. The van der Waals surface area contributed by atoms with E-state index in [0.29, 0.717) is 0 Å². The summed E-state index contributed by atoms with van der Waals surface area (Å²) in [6.07, 6.45) is -3.70. The molecule has 0 spiro atoms. The molecular formula is C12H16N6O6. The molecule has 1 fully saturated rings. The Morgan fingerprint density at radius 1 is 0.792 bits per heavy atom. The average molecular weight is 340 g/mol. The van der Waals surface area contributed by atoms with Crippen molar-refractivity contribution < 1.29 is 28.6 Å². The lowest BCUT2D eigenvalue weighted by atomic mass is 9.84. The Morgan fingerprint density at radius 3 is 1.42 bits per heavy atom. The summed E-state index contributed by atoms with van der Waals surface area (Å²) >= 11 is 0. The highest BCUT2D eigenvalue weighted by molar-refractivity contribution is 5.68. The SMILES string of the molecule is CC(=O)OC1[C@@H](OC(C)=O)[C@H](N=[N+]=[N-])C[C@@H](N=[N+]=[N-])[C@H]1OC(C)=O. The predicted octanol–water partition coefficient (Wildman–Crippen LogP) is 1.54. The normalized spacial score (nSPS) is 28.5. The summed E-state index contributed by atoms with van der Waals surface area (Å²) in [5.74, 6) is -2.16. The molecule has 0 aromatic heterocycles. The van der Waals surface area contributed by atoms with Crippen LogP contribution in [0.4, 0.5) is 0 Å². The van der Waals surface area contributed by atoms with Gasteiger partial charge in [0.05, 0.1) is 12.1 Å². The average Bonchev–Trinajstić information content (AvgIpc) is 2.45. The highest BCUT2D eigenvalue weighted by Gasteiger charge is 2.50. The zero-order valence-corrected chi connectivity index (χ0v) is 13.2. The van der Waals surface area contributed by atoms with Crippen LogP contribution in [-0.4, -0.2) is 48.3 Å². The summed E-state index contributed by atoms with van der Waals surface area (Å²) in [4.78, 5) is 39.4. The zero-order valence-electron chi connectivity index (χ0n) is 13.2. The number of esters is 3. The van der Waals surface area contributed by atoms with Crippen LogP contribution in [0.2, 0.25) is 0 Å². The summed E-state index contributed by atoms with van der Waals surface area (Å²) < 4.78 is 15.3. The Hall–Kier alpha value is -2.97. The molecule has 0 aliphatic heterocycles. The van der Waals surface area contributed by atoms with Gasteiger partial charge in [0.25, 0.3) is 0 Å². The second kappa shape index (κ2) is 8.61. The fraction of sp³-hybridized carbons (Fsp3) is 0.750. The summed E-state index contributed by atoms with van der Waals surface area (Å²) in [6, 6.07) is -1.93. The topological polar surface area (TPSA) is 176 Å². The molecule has 12 nitrogen and oxygen atoms in total. The Balaban J connectivity index is 3.34. The van der Waals surface area contributed by atoms with E-state index in [2.05, 4.69) is 20.1 Å². The molecule has 0 radical (unpaired) electrons. The van der Waals surface area contributed by atoms with Crippen LogP contribution in [0.5, 0.6) is 0 Å². The first-order chi connectivity index (χ1) is 11.3.